The summed E-state index contributed by atoms with van der Waals surface area (Å²) in [5.41, 5.74) is 1.91. The highest BCUT2D eigenvalue weighted by Gasteiger charge is 2.38. The monoisotopic (exact) mass is 469 g/mol. The molecule has 0 radical (unpaired) electrons. The Balaban J connectivity index is 1.21. The summed E-state index contributed by atoms with van der Waals surface area (Å²) >= 11 is 0. The zero-order valence-corrected chi connectivity index (χ0v) is 21.3. The number of carbonyl (C=O) groups excluding carboxylic acids is 1. The molecular weight excluding hydrogens is 430 g/mol. The number of aryl methyl sites for hydroxylation is 1. The van der Waals surface area contributed by atoms with Crippen molar-refractivity contribution in [1.82, 2.24) is 20.0 Å². The number of ether oxygens (including phenoxy) is 1. The van der Waals surface area contributed by atoms with E-state index in [1.54, 1.807) is 25.2 Å². The maximum absolute atomic E-state index is 11.9. The molecule has 186 valence electrons. The molecule has 3 heterocycles. The van der Waals surface area contributed by atoms with E-state index in [0.29, 0.717) is 24.9 Å². The zero-order valence-electron chi connectivity index (χ0n) is 21.3. The van der Waals surface area contributed by atoms with E-state index in [1.165, 1.54) is 25.7 Å². The topological polar surface area (TPSA) is 84.6 Å². The molecule has 2 fully saturated rings. The molecule has 1 unspecified atom stereocenters. The lowest BCUT2D eigenvalue weighted by Gasteiger charge is -2.45. The highest BCUT2D eigenvalue weighted by Crippen LogP contribution is 2.45. The summed E-state index contributed by atoms with van der Waals surface area (Å²) in [6.07, 6.45) is 8.22. The first-order valence-corrected chi connectivity index (χ1v) is 12.7. The summed E-state index contributed by atoms with van der Waals surface area (Å²) in [5.74, 6) is 4.16. The molecule has 0 aromatic carbocycles. The Kier molecular flexibility index (Phi) is 7.73. The molecule has 1 saturated heterocycles. The maximum atomic E-state index is 11.9. The molecule has 1 amide bonds. The maximum Gasteiger partial charge on any atom is 0.324 e. The zero-order chi connectivity index (χ0) is 24.2. The van der Waals surface area contributed by atoms with Gasteiger partial charge in [0, 0.05) is 44.9 Å². The highest BCUT2D eigenvalue weighted by molar-refractivity contribution is 5.78. The molecule has 34 heavy (non-hydrogen) atoms. The quantitative estimate of drug-likeness (QED) is 0.543. The van der Waals surface area contributed by atoms with Crippen molar-refractivity contribution < 1.29 is 14.1 Å². The van der Waals surface area contributed by atoms with Gasteiger partial charge >= 0.3 is 6.01 Å². The second-order valence-electron chi connectivity index (χ2n) is 10.5. The van der Waals surface area contributed by atoms with Gasteiger partial charge in [0.25, 0.3) is 0 Å². The Morgan fingerprint density at radius 3 is 2.59 bits per heavy atom. The second kappa shape index (κ2) is 10.7. The Labute approximate surface area is 203 Å². The van der Waals surface area contributed by atoms with Gasteiger partial charge in [-0.25, -0.2) is 4.98 Å². The van der Waals surface area contributed by atoms with E-state index in [4.69, 9.17) is 9.26 Å². The van der Waals surface area contributed by atoms with Gasteiger partial charge in [0.15, 0.2) is 5.82 Å². The average molecular weight is 470 g/mol. The third kappa shape index (κ3) is 5.70. The van der Waals surface area contributed by atoms with Crippen molar-refractivity contribution in [3.8, 4) is 5.88 Å². The molecule has 0 spiro atoms. The van der Waals surface area contributed by atoms with Crippen LogP contribution in [-0.4, -0.2) is 59.7 Å². The number of carbonyl (C=O) groups is 1. The van der Waals surface area contributed by atoms with Crippen LogP contribution in [0.1, 0.15) is 68.8 Å². The van der Waals surface area contributed by atoms with Crippen LogP contribution >= 0.6 is 0 Å². The molecule has 4 rings (SSSR count). The summed E-state index contributed by atoms with van der Waals surface area (Å²) in [4.78, 5) is 24.8. The van der Waals surface area contributed by atoms with Gasteiger partial charge in [0.05, 0.1) is 13.0 Å². The molecule has 2 atom stereocenters. The van der Waals surface area contributed by atoms with Crippen LogP contribution in [0.5, 0.6) is 5.88 Å². The van der Waals surface area contributed by atoms with E-state index < -0.39 is 0 Å². The molecule has 2 aromatic rings. The third-order valence-corrected chi connectivity index (χ3v) is 7.51. The summed E-state index contributed by atoms with van der Waals surface area (Å²) in [6, 6.07) is 2.69. The van der Waals surface area contributed by atoms with E-state index in [-0.39, 0.29) is 11.8 Å². The van der Waals surface area contributed by atoms with Crippen molar-refractivity contribution in [3.05, 3.63) is 29.2 Å². The van der Waals surface area contributed by atoms with Crippen LogP contribution in [0.25, 0.3) is 0 Å². The molecule has 1 aliphatic heterocycles. The summed E-state index contributed by atoms with van der Waals surface area (Å²) < 4.78 is 11.5. The largest absolute Gasteiger partial charge is 0.477 e. The van der Waals surface area contributed by atoms with Crippen LogP contribution in [-0.2, 0) is 11.2 Å². The van der Waals surface area contributed by atoms with Crippen LogP contribution in [0, 0.1) is 24.7 Å². The molecule has 2 aromatic heterocycles. The first-order chi connectivity index (χ1) is 16.3. The SMILES string of the molecule is Cc1cc(CC(=O)N(C)C)cnc1OCCC1CC[C@@H]1C1CCN(c2nc(C(C)C)no2)CC1. The standard InChI is InChI=1S/C26H39N5O3/c1-17(2)24-28-26(34-29-24)31-11-8-21(9-12-31)22-7-6-20(22)10-13-33-25-18(3)14-19(16-27-25)15-23(32)30(4)5/h14,16-17,20-22H,6-13,15H2,1-5H3/t20?,22-/m0/s1. The molecule has 2 aliphatic rings. The van der Waals surface area contributed by atoms with Gasteiger partial charge in [0.1, 0.15) is 0 Å². The lowest BCUT2D eigenvalue weighted by Crippen LogP contribution is -2.41. The number of amides is 1. The summed E-state index contributed by atoms with van der Waals surface area (Å²) in [7, 11) is 3.54. The fraction of sp³-hybridized carbons (Fsp3) is 0.692. The number of hydrogen-bond donors (Lipinski definition) is 0. The number of nitrogens with zero attached hydrogens (tertiary/aromatic N) is 5. The van der Waals surface area contributed by atoms with Gasteiger partial charge in [0.2, 0.25) is 11.8 Å². The fourth-order valence-corrected chi connectivity index (χ4v) is 5.19. The Morgan fingerprint density at radius 1 is 1.24 bits per heavy atom. The van der Waals surface area contributed by atoms with Gasteiger partial charge in [-0.2, -0.15) is 4.98 Å². The highest BCUT2D eigenvalue weighted by atomic mass is 16.5. The number of likely N-dealkylation sites (N-methyl/N-ethyl adjacent to an activating group) is 1. The van der Waals surface area contributed by atoms with E-state index in [2.05, 4.69) is 33.9 Å². The number of pyridine rings is 1. The van der Waals surface area contributed by atoms with Gasteiger partial charge in [-0.05, 0) is 68.4 Å². The Bertz CT molecular complexity index is 965. The van der Waals surface area contributed by atoms with Crippen molar-refractivity contribution >= 4 is 11.9 Å². The van der Waals surface area contributed by atoms with Crippen molar-refractivity contribution in [2.45, 2.75) is 65.2 Å². The lowest BCUT2D eigenvalue weighted by atomic mass is 9.63. The predicted octanol–water partition coefficient (Wildman–Crippen LogP) is 4.24. The van der Waals surface area contributed by atoms with E-state index in [0.717, 1.165) is 54.2 Å². The number of piperidine rings is 1. The van der Waals surface area contributed by atoms with Crippen molar-refractivity contribution in [2.75, 3.05) is 38.7 Å². The van der Waals surface area contributed by atoms with Crippen LogP contribution in [0.4, 0.5) is 6.01 Å². The Hall–Kier alpha value is -2.64. The van der Waals surface area contributed by atoms with Gasteiger partial charge in [-0.15, -0.1) is 0 Å². The number of hydrogen-bond acceptors (Lipinski definition) is 7. The van der Waals surface area contributed by atoms with Gasteiger partial charge in [-0.1, -0.05) is 19.0 Å². The number of rotatable bonds is 9. The van der Waals surface area contributed by atoms with Crippen LogP contribution < -0.4 is 9.64 Å². The number of anilines is 1. The third-order valence-electron chi connectivity index (χ3n) is 7.51. The van der Waals surface area contributed by atoms with Gasteiger partial charge in [-0.3, -0.25) is 4.79 Å². The van der Waals surface area contributed by atoms with E-state index in [9.17, 15) is 4.79 Å². The first kappa shape index (κ1) is 24.5. The molecule has 0 N–H and O–H groups in total. The molecule has 8 heteroatoms. The van der Waals surface area contributed by atoms with Crippen LogP contribution in [0.3, 0.4) is 0 Å². The second-order valence-corrected chi connectivity index (χ2v) is 10.5. The predicted molar refractivity (Wildman–Crippen MR) is 131 cm³/mol. The molecule has 1 saturated carbocycles. The Morgan fingerprint density at radius 2 is 2.00 bits per heavy atom. The van der Waals surface area contributed by atoms with Crippen LogP contribution in [0.2, 0.25) is 0 Å². The van der Waals surface area contributed by atoms with Crippen molar-refractivity contribution in [1.29, 1.82) is 0 Å². The smallest absolute Gasteiger partial charge is 0.324 e. The van der Waals surface area contributed by atoms with Crippen molar-refractivity contribution in [2.24, 2.45) is 17.8 Å². The van der Waals surface area contributed by atoms with E-state index >= 15 is 0 Å². The molecule has 0 bridgehead atoms. The molecular formula is C26H39N5O3. The van der Waals surface area contributed by atoms with Crippen LogP contribution in [0.15, 0.2) is 16.8 Å². The molecule has 8 nitrogen and oxygen atoms in total. The normalized spacial score (nSPS) is 20.9. The first-order valence-electron chi connectivity index (χ1n) is 12.7. The minimum atomic E-state index is 0.0779. The molecule has 1 aliphatic carbocycles. The van der Waals surface area contributed by atoms with Gasteiger partial charge < -0.3 is 19.1 Å². The summed E-state index contributed by atoms with van der Waals surface area (Å²) in [5, 5.41) is 4.11. The lowest BCUT2D eigenvalue weighted by molar-refractivity contribution is -0.127. The average Bonchev–Trinajstić information content (AvgIpc) is 3.28. The van der Waals surface area contributed by atoms with E-state index in [1.807, 2.05) is 13.0 Å². The fourth-order valence-electron chi connectivity index (χ4n) is 5.19. The van der Waals surface area contributed by atoms with Crippen molar-refractivity contribution in [3.63, 3.8) is 0 Å². The number of aromatic nitrogens is 3. The minimum Gasteiger partial charge on any atom is -0.477 e. The minimum absolute atomic E-state index is 0.0779. The summed E-state index contributed by atoms with van der Waals surface area (Å²) in [6.45, 7) is 8.86.